The lowest BCUT2D eigenvalue weighted by atomic mass is 10.2. The van der Waals surface area contributed by atoms with Gasteiger partial charge in [0.05, 0.1) is 22.3 Å². The first-order valence-electron chi connectivity index (χ1n) is 10.4. The van der Waals surface area contributed by atoms with Crippen LogP contribution in [0.1, 0.15) is 12.5 Å². The summed E-state index contributed by atoms with van der Waals surface area (Å²) in [7, 11) is 0. The summed E-state index contributed by atoms with van der Waals surface area (Å²) in [5, 5.41) is 0.462. The Morgan fingerprint density at radius 2 is 1.76 bits per heavy atom. The minimum atomic E-state index is -0.887. The van der Waals surface area contributed by atoms with Crippen molar-refractivity contribution in [1.29, 1.82) is 0 Å². The molecule has 0 radical (unpaired) electrons. The zero-order valence-electron chi connectivity index (χ0n) is 17.9. The van der Waals surface area contributed by atoms with Crippen LogP contribution in [0.3, 0.4) is 0 Å². The number of hydrogen-bond donors (Lipinski definition) is 0. The normalized spacial score (nSPS) is 11.0. The number of halogens is 2. The minimum absolute atomic E-state index is 0.00820. The summed E-state index contributed by atoms with van der Waals surface area (Å²) in [5.41, 5.74) is 0.837. The molecule has 0 atom stereocenters. The summed E-state index contributed by atoms with van der Waals surface area (Å²) in [6, 6.07) is 19.3. The standard InChI is InChI=1S/C25H21F2N3O2S/c1-2-29(15-17-8-4-3-5-9-17)23(31)16-33-25-28-21-11-7-6-10-19(21)24(32)30(25)22-13-12-18(26)14-20(22)27/h3-14H,2,15-16H2,1H3. The number of para-hydroxylation sites is 1. The van der Waals surface area contributed by atoms with Gasteiger partial charge in [-0.25, -0.2) is 13.8 Å². The number of aromatic nitrogens is 2. The maximum atomic E-state index is 14.6. The van der Waals surface area contributed by atoms with E-state index in [1.54, 1.807) is 29.2 Å². The van der Waals surface area contributed by atoms with E-state index < -0.39 is 17.2 Å². The van der Waals surface area contributed by atoms with Crippen molar-refractivity contribution in [1.82, 2.24) is 14.5 Å². The van der Waals surface area contributed by atoms with Crippen LogP contribution in [0.5, 0.6) is 0 Å². The lowest BCUT2D eigenvalue weighted by Crippen LogP contribution is -2.32. The van der Waals surface area contributed by atoms with Gasteiger partial charge in [-0.2, -0.15) is 0 Å². The number of carbonyl (C=O) groups is 1. The highest BCUT2D eigenvalue weighted by Crippen LogP contribution is 2.24. The summed E-state index contributed by atoms with van der Waals surface area (Å²) in [6.07, 6.45) is 0. The van der Waals surface area contributed by atoms with E-state index in [0.717, 1.165) is 34.0 Å². The number of carbonyl (C=O) groups excluding carboxylic acids is 1. The zero-order valence-corrected chi connectivity index (χ0v) is 18.7. The molecule has 0 aliphatic carbocycles. The zero-order chi connectivity index (χ0) is 23.4. The lowest BCUT2D eigenvalue weighted by molar-refractivity contribution is -0.128. The van der Waals surface area contributed by atoms with Crippen LogP contribution in [0, 0.1) is 11.6 Å². The molecule has 0 saturated carbocycles. The van der Waals surface area contributed by atoms with Gasteiger partial charge in [-0.15, -0.1) is 0 Å². The van der Waals surface area contributed by atoms with E-state index in [4.69, 9.17) is 0 Å². The van der Waals surface area contributed by atoms with Crippen LogP contribution in [-0.2, 0) is 11.3 Å². The number of thioether (sulfide) groups is 1. The molecule has 0 unspecified atom stereocenters. The third kappa shape index (κ3) is 4.96. The number of amides is 1. The third-order valence-electron chi connectivity index (χ3n) is 5.17. The predicted molar refractivity (Wildman–Crippen MR) is 126 cm³/mol. The summed E-state index contributed by atoms with van der Waals surface area (Å²) < 4.78 is 29.2. The predicted octanol–water partition coefficient (Wildman–Crippen LogP) is 4.80. The van der Waals surface area contributed by atoms with Crippen molar-refractivity contribution in [3.05, 3.63) is 100 Å². The summed E-state index contributed by atoms with van der Waals surface area (Å²) in [6.45, 7) is 2.86. The number of rotatable bonds is 7. The highest BCUT2D eigenvalue weighted by Gasteiger charge is 2.19. The van der Waals surface area contributed by atoms with Crippen molar-refractivity contribution >= 4 is 28.6 Å². The van der Waals surface area contributed by atoms with Gasteiger partial charge in [-0.05, 0) is 36.8 Å². The molecule has 0 N–H and O–H groups in total. The molecule has 0 aliphatic heterocycles. The van der Waals surface area contributed by atoms with Gasteiger partial charge in [0.15, 0.2) is 5.16 Å². The molecule has 1 heterocycles. The second kappa shape index (κ2) is 9.95. The lowest BCUT2D eigenvalue weighted by Gasteiger charge is -2.21. The molecule has 0 aliphatic rings. The van der Waals surface area contributed by atoms with Crippen LogP contribution >= 0.6 is 11.8 Å². The Labute approximate surface area is 193 Å². The second-order valence-electron chi connectivity index (χ2n) is 7.33. The Morgan fingerprint density at radius 1 is 1.03 bits per heavy atom. The molecule has 1 amide bonds. The van der Waals surface area contributed by atoms with Crippen LogP contribution < -0.4 is 5.56 Å². The van der Waals surface area contributed by atoms with E-state index in [-0.39, 0.29) is 22.5 Å². The molecule has 33 heavy (non-hydrogen) atoms. The van der Waals surface area contributed by atoms with Crippen LogP contribution in [0.15, 0.2) is 82.7 Å². The first kappa shape index (κ1) is 22.7. The van der Waals surface area contributed by atoms with E-state index in [2.05, 4.69) is 4.98 Å². The van der Waals surface area contributed by atoms with E-state index >= 15 is 0 Å². The van der Waals surface area contributed by atoms with Gasteiger partial charge in [0.25, 0.3) is 5.56 Å². The first-order valence-corrected chi connectivity index (χ1v) is 11.4. The number of fused-ring (bicyclic) bond motifs is 1. The molecule has 8 heteroatoms. The van der Waals surface area contributed by atoms with Gasteiger partial charge in [0, 0.05) is 19.2 Å². The topological polar surface area (TPSA) is 55.2 Å². The molecule has 0 bridgehead atoms. The fourth-order valence-electron chi connectivity index (χ4n) is 3.48. The molecule has 3 aromatic carbocycles. The van der Waals surface area contributed by atoms with Crippen molar-refractivity contribution < 1.29 is 13.6 Å². The molecule has 0 fully saturated rings. The maximum absolute atomic E-state index is 14.6. The van der Waals surface area contributed by atoms with E-state index in [1.807, 2.05) is 37.3 Å². The molecule has 0 saturated heterocycles. The Bertz CT molecular complexity index is 1360. The fraction of sp³-hybridized carbons (Fsp3) is 0.160. The molecule has 168 valence electrons. The molecule has 4 aromatic rings. The van der Waals surface area contributed by atoms with Gasteiger partial charge in [0.2, 0.25) is 5.91 Å². The van der Waals surface area contributed by atoms with Gasteiger partial charge in [-0.1, -0.05) is 54.2 Å². The Morgan fingerprint density at radius 3 is 2.48 bits per heavy atom. The van der Waals surface area contributed by atoms with E-state index in [9.17, 15) is 18.4 Å². The quantitative estimate of drug-likeness (QED) is 0.291. The highest BCUT2D eigenvalue weighted by atomic mass is 32.2. The van der Waals surface area contributed by atoms with Crippen molar-refractivity contribution in [2.45, 2.75) is 18.6 Å². The monoisotopic (exact) mass is 465 g/mol. The third-order valence-corrected chi connectivity index (χ3v) is 6.09. The summed E-state index contributed by atoms with van der Waals surface area (Å²) in [4.78, 5) is 32.4. The van der Waals surface area contributed by atoms with Crippen LogP contribution in [-0.4, -0.2) is 32.7 Å². The Kier molecular flexibility index (Phi) is 6.84. The first-order chi connectivity index (χ1) is 16.0. The van der Waals surface area contributed by atoms with Gasteiger partial charge in [-0.3, -0.25) is 14.2 Å². The van der Waals surface area contributed by atoms with Crippen molar-refractivity contribution in [2.24, 2.45) is 0 Å². The summed E-state index contributed by atoms with van der Waals surface area (Å²) in [5.74, 6) is -1.77. The highest BCUT2D eigenvalue weighted by molar-refractivity contribution is 7.99. The van der Waals surface area contributed by atoms with Gasteiger partial charge < -0.3 is 4.90 Å². The molecular formula is C25H21F2N3O2S. The SMILES string of the molecule is CCN(Cc1ccccc1)C(=O)CSc1nc2ccccc2c(=O)n1-c1ccc(F)cc1F. The Balaban J connectivity index is 1.68. The number of benzene rings is 3. The van der Waals surface area contributed by atoms with Crippen LogP contribution in [0.2, 0.25) is 0 Å². The number of hydrogen-bond acceptors (Lipinski definition) is 4. The van der Waals surface area contributed by atoms with Gasteiger partial charge in [0.1, 0.15) is 11.6 Å². The molecule has 0 spiro atoms. The maximum Gasteiger partial charge on any atom is 0.266 e. The molecule has 5 nitrogen and oxygen atoms in total. The van der Waals surface area contributed by atoms with Crippen molar-refractivity contribution in [2.75, 3.05) is 12.3 Å². The van der Waals surface area contributed by atoms with Crippen molar-refractivity contribution in [3.8, 4) is 5.69 Å². The van der Waals surface area contributed by atoms with Crippen LogP contribution in [0.25, 0.3) is 16.6 Å². The molecule has 1 aromatic heterocycles. The largest absolute Gasteiger partial charge is 0.338 e. The molecule has 4 rings (SSSR count). The van der Waals surface area contributed by atoms with E-state index in [0.29, 0.717) is 24.0 Å². The van der Waals surface area contributed by atoms with Crippen LogP contribution in [0.4, 0.5) is 8.78 Å². The fourth-order valence-corrected chi connectivity index (χ4v) is 4.39. The molecular weight excluding hydrogens is 444 g/mol. The van der Waals surface area contributed by atoms with E-state index in [1.165, 1.54) is 6.07 Å². The average Bonchev–Trinajstić information content (AvgIpc) is 2.82. The minimum Gasteiger partial charge on any atom is -0.338 e. The average molecular weight is 466 g/mol. The number of nitrogens with zero attached hydrogens (tertiary/aromatic N) is 3. The Hall–Kier alpha value is -3.52. The van der Waals surface area contributed by atoms with Crippen molar-refractivity contribution in [3.63, 3.8) is 0 Å². The second-order valence-corrected chi connectivity index (χ2v) is 8.27. The van der Waals surface area contributed by atoms with Gasteiger partial charge >= 0.3 is 0 Å². The smallest absolute Gasteiger partial charge is 0.266 e. The summed E-state index contributed by atoms with van der Waals surface area (Å²) >= 11 is 1.05.